The van der Waals surface area contributed by atoms with E-state index in [0.29, 0.717) is 11.2 Å². The molecule has 1 heteroatoms. The van der Waals surface area contributed by atoms with Crippen LogP contribution in [0, 0.1) is 11.8 Å². The predicted octanol–water partition coefficient (Wildman–Crippen LogP) is 1.96. The van der Waals surface area contributed by atoms with Crippen LogP contribution in [0.2, 0.25) is 0 Å². The highest BCUT2D eigenvalue weighted by Gasteiger charge is 2.70. The summed E-state index contributed by atoms with van der Waals surface area (Å²) in [5.74, 6) is 2.08. The van der Waals surface area contributed by atoms with Crippen LogP contribution < -0.4 is 0 Å². The number of rotatable bonds is 0. The van der Waals surface area contributed by atoms with Crippen molar-refractivity contribution in [3.63, 3.8) is 0 Å². The molecule has 0 amide bonds. The molecule has 0 aromatic rings. The van der Waals surface area contributed by atoms with E-state index in [1.807, 2.05) is 0 Å². The molecule has 3 aliphatic rings. The third-order valence-corrected chi connectivity index (χ3v) is 3.90. The van der Waals surface area contributed by atoms with E-state index in [1.54, 1.807) is 0 Å². The fraction of sp³-hybridized carbons (Fsp3) is 1.00. The highest BCUT2D eigenvalue weighted by atomic mass is 16.6. The molecule has 0 unspecified atom stereocenters. The van der Waals surface area contributed by atoms with Gasteiger partial charge in [-0.1, -0.05) is 0 Å². The molecule has 0 aromatic carbocycles. The van der Waals surface area contributed by atoms with Gasteiger partial charge in [0.05, 0.1) is 11.2 Å². The third-order valence-electron chi connectivity index (χ3n) is 3.90. The maximum atomic E-state index is 5.75. The second-order valence-corrected chi connectivity index (χ2v) is 4.73. The topological polar surface area (TPSA) is 12.5 Å². The minimum atomic E-state index is 0.296. The predicted molar refractivity (Wildman–Crippen MR) is 38.7 cm³/mol. The maximum Gasteiger partial charge on any atom is 0.0952 e. The largest absolute Gasteiger partial charge is 0.363 e. The number of epoxide rings is 1. The van der Waals surface area contributed by atoms with Gasteiger partial charge >= 0.3 is 0 Å². The Morgan fingerprint density at radius 1 is 1.10 bits per heavy atom. The number of fused-ring (bicyclic) bond motifs is 2. The van der Waals surface area contributed by atoms with Gasteiger partial charge in [0.1, 0.15) is 0 Å². The highest BCUT2D eigenvalue weighted by Crippen LogP contribution is 2.67. The molecule has 1 nitrogen and oxygen atoms in total. The first kappa shape index (κ1) is 5.59. The Morgan fingerprint density at radius 2 is 1.60 bits per heavy atom. The summed E-state index contributed by atoms with van der Waals surface area (Å²) in [6.07, 6.45) is 4.18. The van der Waals surface area contributed by atoms with Crippen molar-refractivity contribution in [2.24, 2.45) is 11.8 Å². The summed E-state index contributed by atoms with van der Waals surface area (Å²) >= 11 is 0. The zero-order valence-corrected chi connectivity index (χ0v) is 6.68. The minimum absolute atomic E-state index is 0.296. The number of ether oxygens (including phenoxy) is 1. The fourth-order valence-electron chi connectivity index (χ4n) is 2.80. The third kappa shape index (κ3) is 0.460. The standard InChI is InChI=1S/C9H14O/c1-8-4-6-3-7(6)5-9(8,2)10-8/h6-7H,3-5H2,1-2H3/t6-,7+,8+,9-. The highest BCUT2D eigenvalue weighted by molar-refractivity contribution is 5.19. The van der Waals surface area contributed by atoms with Gasteiger partial charge in [0, 0.05) is 0 Å². The van der Waals surface area contributed by atoms with Crippen molar-refractivity contribution in [2.45, 2.75) is 44.3 Å². The van der Waals surface area contributed by atoms with Crippen LogP contribution in [0.4, 0.5) is 0 Å². The second-order valence-electron chi connectivity index (χ2n) is 4.73. The fourth-order valence-corrected chi connectivity index (χ4v) is 2.80. The van der Waals surface area contributed by atoms with E-state index in [1.165, 1.54) is 19.3 Å². The van der Waals surface area contributed by atoms with Crippen molar-refractivity contribution < 1.29 is 4.74 Å². The maximum absolute atomic E-state index is 5.75. The van der Waals surface area contributed by atoms with Crippen LogP contribution in [0.5, 0.6) is 0 Å². The number of hydrogen-bond donors (Lipinski definition) is 0. The summed E-state index contributed by atoms with van der Waals surface area (Å²) in [6.45, 7) is 4.56. The zero-order chi connectivity index (χ0) is 6.98. The van der Waals surface area contributed by atoms with Crippen LogP contribution in [-0.2, 0) is 4.74 Å². The molecule has 56 valence electrons. The van der Waals surface area contributed by atoms with Gasteiger partial charge in [0.2, 0.25) is 0 Å². The summed E-state index contributed by atoms with van der Waals surface area (Å²) in [6, 6.07) is 0. The lowest BCUT2D eigenvalue weighted by Crippen LogP contribution is -2.25. The van der Waals surface area contributed by atoms with Crippen LogP contribution in [0.25, 0.3) is 0 Å². The van der Waals surface area contributed by atoms with E-state index >= 15 is 0 Å². The zero-order valence-electron chi connectivity index (χ0n) is 6.68. The first-order chi connectivity index (χ1) is 4.63. The van der Waals surface area contributed by atoms with Crippen LogP contribution in [0.15, 0.2) is 0 Å². The quantitative estimate of drug-likeness (QED) is 0.466. The van der Waals surface area contributed by atoms with Crippen molar-refractivity contribution >= 4 is 0 Å². The Bertz CT molecular complexity index is 181. The summed E-state index contributed by atoms with van der Waals surface area (Å²) in [7, 11) is 0. The molecule has 0 aromatic heterocycles. The van der Waals surface area contributed by atoms with Crippen molar-refractivity contribution in [2.75, 3.05) is 0 Å². The average Bonchev–Trinajstić information content (AvgIpc) is 2.53. The SMILES string of the molecule is C[C@@]12C[C@@H]3C[C@@H]3C[C@]1(C)O2. The number of hydrogen-bond acceptors (Lipinski definition) is 1. The minimum Gasteiger partial charge on any atom is -0.363 e. The Balaban J connectivity index is 1.92. The van der Waals surface area contributed by atoms with Crippen molar-refractivity contribution in [3.05, 3.63) is 0 Å². The van der Waals surface area contributed by atoms with E-state index in [0.717, 1.165) is 11.8 Å². The van der Waals surface area contributed by atoms with E-state index < -0.39 is 0 Å². The molecule has 2 saturated carbocycles. The van der Waals surface area contributed by atoms with Crippen LogP contribution >= 0.6 is 0 Å². The Kier molecular flexibility index (Phi) is 0.658. The molecule has 0 radical (unpaired) electrons. The van der Waals surface area contributed by atoms with E-state index in [2.05, 4.69) is 13.8 Å². The molecular weight excluding hydrogens is 124 g/mol. The summed E-state index contributed by atoms with van der Waals surface area (Å²) in [5.41, 5.74) is 0.593. The Morgan fingerprint density at radius 3 is 2.10 bits per heavy atom. The van der Waals surface area contributed by atoms with Crippen LogP contribution in [0.1, 0.15) is 33.1 Å². The molecule has 1 saturated heterocycles. The van der Waals surface area contributed by atoms with Gasteiger partial charge in [-0.05, 0) is 44.9 Å². The van der Waals surface area contributed by atoms with Gasteiger partial charge < -0.3 is 4.74 Å². The monoisotopic (exact) mass is 138 g/mol. The van der Waals surface area contributed by atoms with Gasteiger partial charge in [0.15, 0.2) is 0 Å². The van der Waals surface area contributed by atoms with Gasteiger partial charge in [-0.25, -0.2) is 0 Å². The molecular formula is C9H14O. The van der Waals surface area contributed by atoms with Gasteiger partial charge in [-0.15, -0.1) is 0 Å². The second kappa shape index (κ2) is 1.18. The van der Waals surface area contributed by atoms with Gasteiger partial charge in [-0.2, -0.15) is 0 Å². The molecule has 1 aliphatic heterocycles. The lowest BCUT2D eigenvalue weighted by molar-refractivity contribution is 0.271. The molecule has 3 fully saturated rings. The lowest BCUT2D eigenvalue weighted by atomic mass is 9.82. The normalized spacial score (nSPS) is 70.2. The average molecular weight is 138 g/mol. The molecule has 0 N–H and O–H groups in total. The molecule has 3 rings (SSSR count). The Hall–Kier alpha value is -0.0400. The molecule has 2 aliphatic carbocycles. The first-order valence-corrected chi connectivity index (χ1v) is 4.33. The molecule has 1 heterocycles. The summed E-state index contributed by atoms with van der Waals surface area (Å²) < 4.78 is 5.75. The molecule has 0 spiro atoms. The molecule has 0 bridgehead atoms. The van der Waals surface area contributed by atoms with Crippen LogP contribution in [-0.4, -0.2) is 11.2 Å². The molecule has 10 heavy (non-hydrogen) atoms. The van der Waals surface area contributed by atoms with Crippen molar-refractivity contribution in [1.82, 2.24) is 0 Å². The first-order valence-electron chi connectivity index (χ1n) is 4.33. The van der Waals surface area contributed by atoms with Gasteiger partial charge in [-0.3, -0.25) is 0 Å². The smallest absolute Gasteiger partial charge is 0.0952 e. The van der Waals surface area contributed by atoms with E-state index in [-0.39, 0.29) is 0 Å². The Labute approximate surface area is 61.8 Å². The van der Waals surface area contributed by atoms with Crippen molar-refractivity contribution in [3.8, 4) is 0 Å². The summed E-state index contributed by atoms with van der Waals surface area (Å²) in [4.78, 5) is 0. The van der Waals surface area contributed by atoms with E-state index in [4.69, 9.17) is 4.74 Å². The lowest BCUT2D eigenvalue weighted by Gasteiger charge is -2.16. The van der Waals surface area contributed by atoms with E-state index in [9.17, 15) is 0 Å². The van der Waals surface area contributed by atoms with Gasteiger partial charge in [0.25, 0.3) is 0 Å². The van der Waals surface area contributed by atoms with Crippen LogP contribution in [0.3, 0.4) is 0 Å². The summed E-state index contributed by atoms with van der Waals surface area (Å²) in [5, 5.41) is 0. The molecule has 4 atom stereocenters. The van der Waals surface area contributed by atoms with Crippen molar-refractivity contribution in [1.29, 1.82) is 0 Å².